The Hall–Kier alpha value is -3.06. The molecule has 0 amide bonds. The van der Waals surface area contributed by atoms with Crippen LogP contribution in [0.15, 0.2) is 53.3 Å². The number of thiazole rings is 1. The highest BCUT2D eigenvalue weighted by Gasteiger charge is 2.16. The molecule has 2 aromatic heterocycles. The molecule has 0 bridgehead atoms. The Labute approximate surface area is 139 Å². The van der Waals surface area contributed by atoms with E-state index in [0.717, 1.165) is 10.2 Å². The molecule has 4 rings (SSSR count). The van der Waals surface area contributed by atoms with Gasteiger partial charge in [0.2, 0.25) is 0 Å². The van der Waals surface area contributed by atoms with Gasteiger partial charge >= 0.3 is 5.97 Å². The summed E-state index contributed by atoms with van der Waals surface area (Å²) in [5.74, 6) is -0.596. The largest absolute Gasteiger partial charge is 0.453 e. The van der Waals surface area contributed by atoms with E-state index in [1.807, 2.05) is 24.3 Å². The van der Waals surface area contributed by atoms with Gasteiger partial charge in [-0.15, -0.1) is 11.3 Å². The highest BCUT2D eigenvalue weighted by molar-refractivity contribution is 7.18. The number of carbonyl (C=O) groups is 1. The summed E-state index contributed by atoms with van der Waals surface area (Å²) in [6, 6.07) is 14.5. The number of rotatable bonds is 3. The molecule has 7 heteroatoms. The molecule has 0 unspecified atom stereocenters. The van der Waals surface area contributed by atoms with Crippen molar-refractivity contribution in [3.05, 3.63) is 69.6 Å². The van der Waals surface area contributed by atoms with Crippen LogP contribution in [0.4, 0.5) is 0 Å². The smallest absolute Gasteiger partial charge is 0.359 e. The maximum Gasteiger partial charge on any atom is 0.359 e. The average molecular weight is 337 g/mol. The van der Waals surface area contributed by atoms with Crippen molar-refractivity contribution in [2.24, 2.45) is 0 Å². The van der Waals surface area contributed by atoms with Crippen molar-refractivity contribution in [2.75, 3.05) is 0 Å². The number of aromatic nitrogens is 3. The third kappa shape index (κ3) is 2.55. The number of hydrogen-bond donors (Lipinski definition) is 1. The first-order valence-electron chi connectivity index (χ1n) is 7.21. The lowest BCUT2D eigenvalue weighted by Crippen LogP contribution is -2.16. The highest BCUT2D eigenvalue weighted by Crippen LogP contribution is 2.22. The SMILES string of the molecule is O=C(OCc1nc2ccccc2s1)c1n[nH]c(=O)c2ccccc12. The normalized spacial score (nSPS) is 11.0. The summed E-state index contributed by atoms with van der Waals surface area (Å²) >= 11 is 1.47. The van der Waals surface area contributed by atoms with E-state index in [2.05, 4.69) is 15.2 Å². The summed E-state index contributed by atoms with van der Waals surface area (Å²) in [6.07, 6.45) is 0. The number of para-hydroxylation sites is 1. The van der Waals surface area contributed by atoms with Gasteiger partial charge in [0.1, 0.15) is 11.6 Å². The second kappa shape index (κ2) is 5.86. The molecule has 2 heterocycles. The Balaban J connectivity index is 1.60. The summed E-state index contributed by atoms with van der Waals surface area (Å²) in [7, 11) is 0. The van der Waals surface area contributed by atoms with Crippen LogP contribution in [-0.2, 0) is 11.3 Å². The standard InChI is InChI=1S/C17H11N3O3S/c21-16-11-6-2-1-5-10(11)15(19-20-16)17(22)23-9-14-18-12-7-3-4-8-13(12)24-14/h1-8H,9H2,(H,20,21). The molecule has 0 aliphatic carbocycles. The molecule has 0 radical (unpaired) electrons. The maximum absolute atomic E-state index is 12.3. The van der Waals surface area contributed by atoms with Crippen molar-refractivity contribution in [1.29, 1.82) is 0 Å². The van der Waals surface area contributed by atoms with Gasteiger partial charge in [-0.05, 0) is 18.2 Å². The van der Waals surface area contributed by atoms with E-state index in [4.69, 9.17) is 4.74 Å². The molecule has 0 aliphatic rings. The van der Waals surface area contributed by atoms with Gasteiger partial charge in [-0.25, -0.2) is 14.9 Å². The van der Waals surface area contributed by atoms with E-state index >= 15 is 0 Å². The summed E-state index contributed by atoms with van der Waals surface area (Å²) < 4.78 is 6.35. The predicted molar refractivity (Wildman–Crippen MR) is 91.1 cm³/mol. The lowest BCUT2D eigenvalue weighted by Gasteiger charge is -2.04. The number of nitrogens with one attached hydrogen (secondary N) is 1. The second-order valence-electron chi connectivity index (χ2n) is 5.10. The molecule has 0 saturated carbocycles. The zero-order chi connectivity index (χ0) is 16.5. The van der Waals surface area contributed by atoms with Gasteiger partial charge < -0.3 is 4.74 Å². The van der Waals surface area contributed by atoms with Crippen LogP contribution in [0.3, 0.4) is 0 Å². The van der Waals surface area contributed by atoms with Crippen LogP contribution in [0, 0.1) is 0 Å². The van der Waals surface area contributed by atoms with Crippen LogP contribution in [0.25, 0.3) is 21.0 Å². The third-order valence-electron chi connectivity index (χ3n) is 3.55. The summed E-state index contributed by atoms with van der Waals surface area (Å²) in [4.78, 5) is 28.5. The van der Waals surface area contributed by atoms with Crippen molar-refractivity contribution >= 4 is 38.3 Å². The fourth-order valence-electron chi connectivity index (χ4n) is 2.45. The summed E-state index contributed by atoms with van der Waals surface area (Å²) in [5, 5.41) is 7.73. The van der Waals surface area contributed by atoms with Gasteiger partial charge in [-0.1, -0.05) is 30.3 Å². The lowest BCUT2D eigenvalue weighted by molar-refractivity contribution is 0.0467. The van der Waals surface area contributed by atoms with Crippen LogP contribution >= 0.6 is 11.3 Å². The fraction of sp³-hybridized carbons (Fsp3) is 0.0588. The quantitative estimate of drug-likeness (QED) is 0.581. The number of fused-ring (bicyclic) bond motifs is 2. The third-order valence-corrected chi connectivity index (χ3v) is 4.56. The van der Waals surface area contributed by atoms with Crippen molar-refractivity contribution < 1.29 is 9.53 Å². The highest BCUT2D eigenvalue weighted by atomic mass is 32.1. The van der Waals surface area contributed by atoms with E-state index in [-0.39, 0.29) is 17.9 Å². The molecule has 0 fully saturated rings. The Kier molecular flexibility index (Phi) is 3.55. The number of aromatic amines is 1. The molecular weight excluding hydrogens is 326 g/mol. The van der Waals surface area contributed by atoms with Crippen molar-refractivity contribution in [2.45, 2.75) is 6.61 Å². The van der Waals surface area contributed by atoms with Crippen molar-refractivity contribution in [1.82, 2.24) is 15.2 Å². The summed E-state index contributed by atoms with van der Waals surface area (Å²) in [5.41, 5.74) is 0.626. The topological polar surface area (TPSA) is 84.9 Å². The van der Waals surface area contributed by atoms with Crippen LogP contribution in [0.1, 0.15) is 15.5 Å². The Bertz CT molecular complexity index is 1080. The zero-order valence-corrected chi connectivity index (χ0v) is 13.2. The molecule has 0 spiro atoms. The van der Waals surface area contributed by atoms with Crippen molar-refractivity contribution in [3.8, 4) is 0 Å². The zero-order valence-electron chi connectivity index (χ0n) is 12.4. The number of nitrogens with zero attached hydrogens (tertiary/aromatic N) is 2. The Morgan fingerprint density at radius 2 is 1.83 bits per heavy atom. The minimum Gasteiger partial charge on any atom is -0.453 e. The van der Waals surface area contributed by atoms with Gasteiger partial charge in [0.15, 0.2) is 5.69 Å². The predicted octanol–water partition coefficient (Wildman–Crippen LogP) is 2.89. The molecule has 6 nitrogen and oxygen atoms in total. The molecule has 1 N–H and O–H groups in total. The number of H-pyrrole nitrogens is 1. The second-order valence-corrected chi connectivity index (χ2v) is 6.21. The molecule has 0 aliphatic heterocycles. The number of ether oxygens (including phenoxy) is 1. The van der Waals surface area contributed by atoms with Gasteiger partial charge in [0, 0.05) is 5.39 Å². The monoisotopic (exact) mass is 337 g/mol. The number of esters is 1. The van der Waals surface area contributed by atoms with E-state index in [0.29, 0.717) is 15.8 Å². The molecular formula is C17H11N3O3S. The number of benzene rings is 2. The van der Waals surface area contributed by atoms with Gasteiger partial charge in [0.05, 0.1) is 15.6 Å². The minimum atomic E-state index is -0.596. The molecule has 24 heavy (non-hydrogen) atoms. The number of carbonyl (C=O) groups excluding carboxylic acids is 1. The van der Waals surface area contributed by atoms with Crippen LogP contribution < -0.4 is 5.56 Å². The van der Waals surface area contributed by atoms with Crippen LogP contribution in [0.5, 0.6) is 0 Å². The first-order valence-corrected chi connectivity index (χ1v) is 8.03. The van der Waals surface area contributed by atoms with Gasteiger partial charge in [0.25, 0.3) is 5.56 Å². The Morgan fingerprint density at radius 1 is 1.08 bits per heavy atom. The van der Waals surface area contributed by atoms with E-state index in [1.54, 1.807) is 24.3 Å². The van der Waals surface area contributed by atoms with Gasteiger partial charge in [-0.2, -0.15) is 5.10 Å². The van der Waals surface area contributed by atoms with E-state index in [1.165, 1.54) is 11.3 Å². The average Bonchev–Trinajstić information content (AvgIpc) is 3.03. The molecule has 0 saturated heterocycles. The number of hydrogen-bond acceptors (Lipinski definition) is 6. The van der Waals surface area contributed by atoms with Crippen molar-refractivity contribution in [3.63, 3.8) is 0 Å². The molecule has 2 aromatic carbocycles. The molecule has 118 valence electrons. The minimum absolute atomic E-state index is 0.0628. The molecule has 0 atom stereocenters. The lowest BCUT2D eigenvalue weighted by atomic mass is 10.1. The first kappa shape index (κ1) is 14.5. The first-order chi connectivity index (χ1) is 11.7. The molecule has 4 aromatic rings. The Morgan fingerprint density at radius 3 is 2.67 bits per heavy atom. The van der Waals surface area contributed by atoms with Crippen LogP contribution in [0.2, 0.25) is 0 Å². The van der Waals surface area contributed by atoms with Gasteiger partial charge in [-0.3, -0.25) is 4.79 Å². The van der Waals surface area contributed by atoms with Crippen LogP contribution in [-0.4, -0.2) is 21.2 Å². The maximum atomic E-state index is 12.3. The fourth-order valence-corrected chi connectivity index (χ4v) is 3.33. The van der Waals surface area contributed by atoms with E-state index in [9.17, 15) is 9.59 Å². The van der Waals surface area contributed by atoms with E-state index < -0.39 is 5.97 Å². The summed E-state index contributed by atoms with van der Waals surface area (Å²) in [6.45, 7) is 0.0628.